The maximum absolute atomic E-state index is 4.71. The minimum absolute atomic E-state index is 0.947. The molecule has 10 heteroatoms. The summed E-state index contributed by atoms with van der Waals surface area (Å²) >= 11 is 0. The smallest absolute Gasteiger partial charge is 0.0723 e. The monoisotopic (exact) mass is 1520 g/mol. The lowest BCUT2D eigenvalue weighted by molar-refractivity contribution is 1.23. The molecule has 0 aliphatic heterocycles. The highest BCUT2D eigenvalue weighted by atomic mass is 15.2. The molecule has 0 N–H and O–H groups in total. The fraction of sp³-hybridized carbons (Fsp3) is 0. The number of anilines is 24. The summed E-state index contributed by atoms with van der Waals surface area (Å²) in [7, 11) is 0. The van der Waals surface area contributed by atoms with Gasteiger partial charge < -0.3 is 39.2 Å². The van der Waals surface area contributed by atoms with E-state index in [-0.39, 0.29) is 0 Å². The van der Waals surface area contributed by atoms with E-state index in [1.165, 1.54) is 0 Å². The first-order valence-corrected chi connectivity index (χ1v) is 39.8. The zero-order valence-electron chi connectivity index (χ0n) is 64.7. The summed E-state index contributed by atoms with van der Waals surface area (Å²) in [6.45, 7) is 0. The highest BCUT2D eigenvalue weighted by Gasteiger charge is 2.25. The number of benzene rings is 17. The minimum atomic E-state index is 0.947. The van der Waals surface area contributed by atoms with Crippen molar-refractivity contribution < 1.29 is 0 Å². The molecule has 0 fully saturated rings. The Morgan fingerprint density at radius 3 is 0.508 bits per heavy atom. The molecule has 0 radical (unpaired) electrons. The number of para-hydroxylation sites is 9. The Balaban J connectivity index is 0.602. The van der Waals surface area contributed by atoms with Gasteiger partial charge in [-0.2, -0.15) is 0 Å². The molecule has 10 nitrogen and oxygen atoms in total. The Morgan fingerprint density at radius 1 is 0.110 bits per heavy atom. The van der Waals surface area contributed by atoms with Crippen LogP contribution >= 0.6 is 0 Å². The second-order valence-electron chi connectivity index (χ2n) is 28.7. The average molecular weight is 1520 g/mol. The maximum Gasteiger partial charge on any atom is 0.0723 e. The van der Waals surface area contributed by atoms with Crippen LogP contribution in [0.25, 0.3) is 21.8 Å². The molecule has 0 unspecified atom stereocenters. The molecule has 0 atom stereocenters. The minimum Gasteiger partial charge on any atom is -0.311 e. The van der Waals surface area contributed by atoms with Crippen molar-refractivity contribution in [2.24, 2.45) is 0 Å². The van der Waals surface area contributed by atoms with Crippen LogP contribution in [0.15, 0.2) is 486 Å². The zero-order valence-corrected chi connectivity index (χ0v) is 64.7. The second-order valence-corrected chi connectivity index (χ2v) is 28.7. The number of hydrogen-bond donors (Lipinski definition) is 0. The van der Waals surface area contributed by atoms with E-state index in [9.17, 15) is 0 Å². The van der Waals surface area contributed by atoms with Crippen LogP contribution in [0.1, 0.15) is 0 Å². The van der Waals surface area contributed by atoms with Crippen molar-refractivity contribution in [3.8, 4) is 0 Å². The van der Waals surface area contributed by atoms with Gasteiger partial charge in [0.25, 0.3) is 0 Å². The molecule has 0 spiro atoms. The van der Waals surface area contributed by atoms with Crippen molar-refractivity contribution in [3.63, 3.8) is 0 Å². The fourth-order valence-electron chi connectivity index (χ4n) is 16.0. The van der Waals surface area contributed by atoms with Gasteiger partial charge in [-0.25, -0.2) is 0 Å². The molecule has 0 aliphatic carbocycles. The van der Waals surface area contributed by atoms with E-state index >= 15 is 0 Å². The van der Waals surface area contributed by atoms with Gasteiger partial charge in [0, 0.05) is 148 Å². The lowest BCUT2D eigenvalue weighted by atomic mass is 10.1. The number of nitrogens with zero attached hydrogens (tertiary/aromatic N) is 10. The molecule has 562 valence electrons. The van der Waals surface area contributed by atoms with Gasteiger partial charge in [-0.05, 0) is 303 Å². The van der Waals surface area contributed by atoms with Gasteiger partial charge in [0.2, 0.25) is 0 Å². The SMILES string of the molecule is c1ccc(N(c2ccc(N(c3ccccc3)c3ccc(N(c4ccccc4)c4ccc(N(c5ccccc5)c5ccc(N(c6ccccc6)c6ccnc7ccccc67)cc5)cc4)cc3)cc2)c2ccc(N(c3ccccc3)c3ccc(N(c4ccccc4)c4ccc(N(c5ccccc5)c5cccc6ncccc56)cc4)cc3)cc2)cc1. The third-order valence-electron chi connectivity index (χ3n) is 21.4. The van der Waals surface area contributed by atoms with Gasteiger partial charge in [0.05, 0.1) is 22.4 Å². The lowest BCUT2D eigenvalue weighted by Gasteiger charge is -2.30. The Hall–Kier alpha value is -16.0. The van der Waals surface area contributed by atoms with Gasteiger partial charge in [0.15, 0.2) is 0 Å². The van der Waals surface area contributed by atoms with Crippen molar-refractivity contribution in [1.29, 1.82) is 0 Å². The number of hydrogen-bond acceptors (Lipinski definition) is 10. The molecule has 0 saturated carbocycles. The van der Waals surface area contributed by atoms with Gasteiger partial charge in [-0.1, -0.05) is 170 Å². The number of pyridine rings is 2. The fourth-order valence-corrected chi connectivity index (χ4v) is 16.0. The van der Waals surface area contributed by atoms with Gasteiger partial charge >= 0.3 is 0 Å². The van der Waals surface area contributed by atoms with E-state index in [1.54, 1.807) is 0 Å². The predicted molar refractivity (Wildman–Crippen MR) is 495 cm³/mol. The summed E-state index contributed by atoms with van der Waals surface area (Å²) in [5.41, 5.74) is 26.8. The number of rotatable bonds is 24. The summed E-state index contributed by atoms with van der Waals surface area (Å²) < 4.78 is 0. The van der Waals surface area contributed by atoms with Crippen molar-refractivity contribution in [1.82, 2.24) is 9.97 Å². The van der Waals surface area contributed by atoms with Crippen molar-refractivity contribution >= 4 is 158 Å². The van der Waals surface area contributed by atoms with E-state index in [0.29, 0.717) is 0 Å². The van der Waals surface area contributed by atoms with Crippen LogP contribution in [0, 0.1) is 0 Å². The van der Waals surface area contributed by atoms with Gasteiger partial charge in [0.1, 0.15) is 0 Å². The van der Waals surface area contributed by atoms with Crippen LogP contribution in [-0.2, 0) is 0 Å². The van der Waals surface area contributed by atoms with Crippen LogP contribution in [0.2, 0.25) is 0 Å². The highest BCUT2D eigenvalue weighted by molar-refractivity contribution is 5.99. The standard InChI is InChI=1S/C108H80N10/c1-9-29-81(30-10-1)111(91-54-58-93(59-55-91)113(83-33-13-3-14-34-83)95-62-66-97(67-63-95)115(85-37-17-5-18-38-85)99-70-74-101(75-71-99)117(87-41-21-7-22-42-87)107-49-27-48-106-104(107)46-28-79-109-106)89-50-52-90(53-51-89)112(82-31-11-2-12-32-82)92-56-60-94(61-57-92)114(84-35-15-4-16-36-84)96-64-68-98(69-65-96)116(86-39-19-6-20-40-86)100-72-76-102(77-73-100)118(88-43-23-8-24-44-88)108-78-80-110-105-47-26-25-45-103(105)108/h1-80H. The van der Waals surface area contributed by atoms with E-state index in [2.05, 4.69) is 500 Å². The number of fused-ring (bicyclic) bond motifs is 2. The molecule has 19 rings (SSSR count). The third-order valence-corrected chi connectivity index (χ3v) is 21.4. The van der Waals surface area contributed by atoms with Crippen LogP contribution in [0.5, 0.6) is 0 Å². The normalized spacial score (nSPS) is 11.1. The van der Waals surface area contributed by atoms with Crippen molar-refractivity contribution in [2.75, 3.05) is 39.2 Å². The third kappa shape index (κ3) is 14.9. The van der Waals surface area contributed by atoms with Crippen LogP contribution in [-0.4, -0.2) is 9.97 Å². The lowest BCUT2D eigenvalue weighted by Crippen LogP contribution is -2.14. The summed E-state index contributed by atoms with van der Waals surface area (Å²) in [4.78, 5) is 28.0. The van der Waals surface area contributed by atoms with Crippen molar-refractivity contribution in [2.45, 2.75) is 0 Å². The quantitative estimate of drug-likeness (QED) is 0.0585. The van der Waals surface area contributed by atoms with Crippen molar-refractivity contribution in [3.05, 3.63) is 486 Å². The maximum atomic E-state index is 4.71. The second kappa shape index (κ2) is 33.3. The molecular formula is C108H80N10. The summed E-state index contributed by atoms with van der Waals surface area (Å²) in [5, 5.41) is 2.16. The Morgan fingerprint density at radius 2 is 0.271 bits per heavy atom. The zero-order chi connectivity index (χ0) is 78.8. The first-order valence-electron chi connectivity index (χ1n) is 39.8. The van der Waals surface area contributed by atoms with Crippen LogP contribution in [0.4, 0.5) is 136 Å². The van der Waals surface area contributed by atoms with Gasteiger partial charge in [-0.3, -0.25) is 9.97 Å². The number of aromatic nitrogens is 2. The first-order chi connectivity index (χ1) is 58.6. The average Bonchev–Trinajstić information content (AvgIpc) is 0.782. The van der Waals surface area contributed by atoms with E-state index in [4.69, 9.17) is 9.97 Å². The summed E-state index contributed by atoms with van der Waals surface area (Å²) in [6, 6.07) is 168. The molecule has 0 saturated heterocycles. The highest BCUT2D eigenvalue weighted by Crippen LogP contribution is 2.48. The van der Waals surface area contributed by atoms with E-state index in [0.717, 1.165) is 158 Å². The van der Waals surface area contributed by atoms with Crippen LogP contribution < -0.4 is 39.2 Å². The molecule has 118 heavy (non-hydrogen) atoms. The molecule has 0 aliphatic rings. The largest absolute Gasteiger partial charge is 0.311 e. The first kappa shape index (κ1) is 72.2. The summed E-state index contributed by atoms with van der Waals surface area (Å²) in [6.07, 6.45) is 3.75. The molecule has 19 aromatic rings. The molecule has 2 heterocycles. The molecule has 17 aromatic carbocycles. The Labute approximate surface area is 688 Å². The molecule has 0 amide bonds. The molecular weight excluding hydrogens is 1440 g/mol. The van der Waals surface area contributed by atoms with E-state index in [1.807, 2.05) is 24.5 Å². The van der Waals surface area contributed by atoms with E-state index < -0.39 is 0 Å². The van der Waals surface area contributed by atoms with Gasteiger partial charge in [-0.15, -0.1) is 0 Å². The Bertz CT molecular complexity index is 6090. The Kier molecular flexibility index (Phi) is 20.4. The molecule has 2 aromatic heterocycles. The van der Waals surface area contributed by atoms with Crippen LogP contribution in [0.3, 0.4) is 0 Å². The summed E-state index contributed by atoms with van der Waals surface area (Å²) in [5.74, 6) is 0. The topological polar surface area (TPSA) is 51.7 Å². The predicted octanol–water partition coefficient (Wildman–Crippen LogP) is 30.5. The molecule has 0 bridgehead atoms.